The monoisotopic (exact) mass is 292 g/mol. The lowest BCUT2D eigenvalue weighted by molar-refractivity contribution is 0.631. The first-order valence-corrected chi connectivity index (χ1v) is 7.14. The zero-order valence-corrected chi connectivity index (χ0v) is 12.6. The summed E-state index contributed by atoms with van der Waals surface area (Å²) in [5.41, 5.74) is 3.87. The summed E-state index contributed by atoms with van der Waals surface area (Å²) in [6.07, 6.45) is 1.94. The molecule has 0 atom stereocenters. The minimum Gasteiger partial charge on any atom is -0.306 e. The Kier molecular flexibility index (Phi) is 3.25. The molecule has 0 unspecified atom stereocenters. The van der Waals surface area contributed by atoms with Gasteiger partial charge in [-0.05, 0) is 19.9 Å². The highest BCUT2D eigenvalue weighted by Gasteiger charge is 2.18. The Morgan fingerprint density at radius 3 is 2.70 bits per heavy atom. The molecule has 0 fully saturated rings. The fourth-order valence-corrected chi connectivity index (χ4v) is 2.67. The molecule has 0 N–H and O–H groups in total. The molecular formula is C13H17ClN6. The molecule has 0 bridgehead atoms. The molecule has 0 aliphatic carbocycles. The van der Waals surface area contributed by atoms with Gasteiger partial charge in [-0.15, -0.1) is 11.6 Å². The molecule has 7 heteroatoms. The maximum absolute atomic E-state index is 6.04. The van der Waals surface area contributed by atoms with E-state index in [9.17, 15) is 0 Å². The van der Waals surface area contributed by atoms with Crippen LogP contribution in [0.3, 0.4) is 0 Å². The van der Waals surface area contributed by atoms with Crippen molar-refractivity contribution in [3.8, 4) is 0 Å². The maximum atomic E-state index is 6.04. The Bertz CT molecular complexity index is 750. The fraction of sp³-hybridized carbons (Fsp3) is 0.462. The van der Waals surface area contributed by atoms with Crippen LogP contribution >= 0.6 is 11.6 Å². The standard InChI is InChI=1S/C13H17ClN6/c1-4-20-13-12(9(2)16-20)15-11(7-14)19(13)8-10-5-6-18(3)17-10/h5-6H,4,7-8H2,1-3H3. The van der Waals surface area contributed by atoms with E-state index in [0.29, 0.717) is 12.4 Å². The van der Waals surface area contributed by atoms with E-state index in [0.717, 1.165) is 34.9 Å². The molecule has 3 heterocycles. The maximum Gasteiger partial charge on any atom is 0.159 e. The minimum absolute atomic E-state index is 0.380. The SMILES string of the molecule is CCn1nc(C)c2nc(CCl)n(Cc3ccn(C)n3)c21. The van der Waals surface area contributed by atoms with E-state index in [1.807, 2.05) is 30.9 Å². The van der Waals surface area contributed by atoms with Crippen molar-refractivity contribution >= 4 is 22.8 Å². The van der Waals surface area contributed by atoms with E-state index in [-0.39, 0.29) is 0 Å². The van der Waals surface area contributed by atoms with Gasteiger partial charge in [0, 0.05) is 19.8 Å². The molecule has 0 aliphatic heterocycles. The smallest absolute Gasteiger partial charge is 0.159 e. The molecule has 0 aliphatic rings. The molecule has 6 nitrogen and oxygen atoms in total. The minimum atomic E-state index is 0.380. The van der Waals surface area contributed by atoms with Gasteiger partial charge in [0.05, 0.1) is 23.8 Å². The van der Waals surface area contributed by atoms with Gasteiger partial charge < -0.3 is 4.57 Å². The molecule has 0 saturated carbocycles. The number of alkyl halides is 1. The second-order valence-electron chi connectivity index (χ2n) is 4.80. The molecule has 20 heavy (non-hydrogen) atoms. The van der Waals surface area contributed by atoms with E-state index >= 15 is 0 Å². The van der Waals surface area contributed by atoms with Crippen molar-refractivity contribution in [3.05, 3.63) is 29.5 Å². The molecule has 0 radical (unpaired) electrons. The summed E-state index contributed by atoms with van der Waals surface area (Å²) < 4.78 is 5.87. The summed E-state index contributed by atoms with van der Waals surface area (Å²) in [6, 6.07) is 2.00. The molecule has 0 amide bonds. The number of aryl methyl sites for hydroxylation is 3. The van der Waals surface area contributed by atoms with Crippen LogP contribution in [0.4, 0.5) is 0 Å². The van der Waals surface area contributed by atoms with E-state index in [2.05, 4.69) is 26.7 Å². The summed E-state index contributed by atoms with van der Waals surface area (Å²) in [5.74, 6) is 1.24. The van der Waals surface area contributed by atoms with Gasteiger partial charge in [-0.2, -0.15) is 10.2 Å². The number of nitrogens with zero attached hydrogens (tertiary/aromatic N) is 6. The molecule has 3 rings (SSSR count). The number of aromatic nitrogens is 6. The van der Waals surface area contributed by atoms with Crippen LogP contribution < -0.4 is 0 Å². The van der Waals surface area contributed by atoms with Crippen molar-refractivity contribution in [3.63, 3.8) is 0 Å². The van der Waals surface area contributed by atoms with Crippen molar-refractivity contribution in [1.82, 2.24) is 29.1 Å². The van der Waals surface area contributed by atoms with E-state index < -0.39 is 0 Å². The van der Waals surface area contributed by atoms with E-state index in [1.165, 1.54) is 0 Å². The van der Waals surface area contributed by atoms with Gasteiger partial charge in [-0.1, -0.05) is 0 Å². The zero-order chi connectivity index (χ0) is 14.3. The molecule has 0 spiro atoms. The van der Waals surface area contributed by atoms with Crippen LogP contribution in [0.2, 0.25) is 0 Å². The Labute approximate surface area is 122 Å². The number of fused-ring (bicyclic) bond motifs is 1. The van der Waals surface area contributed by atoms with Crippen molar-refractivity contribution in [2.24, 2.45) is 7.05 Å². The largest absolute Gasteiger partial charge is 0.306 e. The number of hydrogen-bond donors (Lipinski definition) is 0. The quantitative estimate of drug-likeness (QED) is 0.692. The first kappa shape index (κ1) is 13.2. The fourth-order valence-electron chi connectivity index (χ4n) is 2.47. The lowest BCUT2D eigenvalue weighted by atomic mass is 10.4. The number of rotatable bonds is 4. The predicted octanol–water partition coefficient (Wildman–Crippen LogP) is 2.08. The van der Waals surface area contributed by atoms with Gasteiger partial charge in [0.25, 0.3) is 0 Å². The van der Waals surface area contributed by atoms with Crippen LogP contribution in [0.1, 0.15) is 24.1 Å². The summed E-state index contributed by atoms with van der Waals surface area (Å²) >= 11 is 6.04. The van der Waals surface area contributed by atoms with Crippen molar-refractivity contribution < 1.29 is 0 Å². The number of halogens is 1. The zero-order valence-electron chi connectivity index (χ0n) is 11.8. The lowest BCUT2D eigenvalue weighted by Crippen LogP contribution is -2.09. The van der Waals surface area contributed by atoms with Crippen LogP contribution in [0.15, 0.2) is 12.3 Å². The normalized spacial score (nSPS) is 11.6. The first-order chi connectivity index (χ1) is 9.63. The van der Waals surface area contributed by atoms with Gasteiger partial charge in [-0.25, -0.2) is 9.67 Å². The molecular weight excluding hydrogens is 276 g/mol. The Morgan fingerprint density at radius 1 is 1.30 bits per heavy atom. The van der Waals surface area contributed by atoms with Crippen molar-refractivity contribution in [1.29, 1.82) is 0 Å². The van der Waals surface area contributed by atoms with E-state index in [4.69, 9.17) is 11.6 Å². The van der Waals surface area contributed by atoms with Crippen molar-refractivity contribution in [2.75, 3.05) is 0 Å². The molecule has 3 aromatic heterocycles. The summed E-state index contributed by atoms with van der Waals surface area (Å²) in [7, 11) is 1.91. The van der Waals surface area contributed by atoms with Crippen molar-refractivity contribution in [2.45, 2.75) is 32.8 Å². The van der Waals surface area contributed by atoms with Crippen LogP contribution in [-0.4, -0.2) is 29.1 Å². The third kappa shape index (κ3) is 2.00. The molecule has 3 aromatic rings. The van der Waals surface area contributed by atoms with Crippen LogP contribution in [-0.2, 0) is 26.0 Å². The third-order valence-electron chi connectivity index (χ3n) is 3.39. The predicted molar refractivity (Wildman–Crippen MR) is 77.8 cm³/mol. The van der Waals surface area contributed by atoms with Gasteiger partial charge in [-0.3, -0.25) is 4.68 Å². The topological polar surface area (TPSA) is 53.5 Å². The van der Waals surface area contributed by atoms with E-state index in [1.54, 1.807) is 4.68 Å². The van der Waals surface area contributed by atoms with Gasteiger partial charge in [0.2, 0.25) is 0 Å². The highest BCUT2D eigenvalue weighted by atomic mass is 35.5. The Hall–Kier alpha value is -1.82. The van der Waals surface area contributed by atoms with Crippen LogP contribution in [0.5, 0.6) is 0 Å². The molecule has 0 aromatic carbocycles. The second kappa shape index (κ2) is 4.94. The van der Waals surface area contributed by atoms with Gasteiger partial charge in [0.15, 0.2) is 5.65 Å². The van der Waals surface area contributed by atoms with Gasteiger partial charge >= 0.3 is 0 Å². The second-order valence-corrected chi connectivity index (χ2v) is 5.07. The average molecular weight is 293 g/mol. The highest BCUT2D eigenvalue weighted by molar-refractivity contribution is 6.16. The molecule has 106 valence electrons. The first-order valence-electron chi connectivity index (χ1n) is 6.61. The Morgan fingerprint density at radius 2 is 2.10 bits per heavy atom. The van der Waals surface area contributed by atoms with Crippen LogP contribution in [0.25, 0.3) is 11.2 Å². The lowest BCUT2D eigenvalue weighted by Gasteiger charge is -2.07. The van der Waals surface area contributed by atoms with Gasteiger partial charge in [0.1, 0.15) is 11.3 Å². The third-order valence-corrected chi connectivity index (χ3v) is 3.62. The summed E-state index contributed by atoms with van der Waals surface area (Å²) in [4.78, 5) is 4.62. The summed E-state index contributed by atoms with van der Waals surface area (Å²) in [5, 5.41) is 8.94. The summed E-state index contributed by atoms with van der Waals surface area (Å²) in [6.45, 7) is 5.51. The van der Waals surface area contributed by atoms with Crippen LogP contribution in [0, 0.1) is 6.92 Å². The highest BCUT2D eigenvalue weighted by Crippen LogP contribution is 2.21. The molecule has 0 saturated heterocycles. The number of hydrogen-bond acceptors (Lipinski definition) is 3. The number of imidazole rings is 1. The Balaban J connectivity index is 2.16. The average Bonchev–Trinajstić information content (AvgIpc) is 3.08.